The summed E-state index contributed by atoms with van der Waals surface area (Å²) in [6, 6.07) is 12.0. The fraction of sp³-hybridized carbons (Fsp3) is 0.0769. The maximum Gasteiger partial charge on any atom is 0.165 e. The molecule has 2 rings (SSSR count). The lowest BCUT2D eigenvalue weighted by Gasteiger charge is -2.10. The fourth-order valence-electron chi connectivity index (χ4n) is 1.38. The highest BCUT2D eigenvalue weighted by atomic mass is 79.9. The smallest absolute Gasteiger partial charge is 0.165 e. The van der Waals surface area contributed by atoms with Gasteiger partial charge in [-0.15, -0.1) is 0 Å². The minimum absolute atomic E-state index is 0.229. The van der Waals surface area contributed by atoms with Crippen LogP contribution in [0.3, 0.4) is 0 Å². The van der Waals surface area contributed by atoms with E-state index in [9.17, 15) is 4.39 Å². The van der Waals surface area contributed by atoms with Gasteiger partial charge in [0.05, 0.1) is 0 Å². The Bertz CT molecular complexity index is 529. The Morgan fingerprint density at radius 3 is 2.53 bits per heavy atom. The molecule has 0 aliphatic rings. The average Bonchev–Trinajstić information content (AvgIpc) is 2.32. The van der Waals surface area contributed by atoms with Gasteiger partial charge in [0.1, 0.15) is 5.75 Å². The van der Waals surface area contributed by atoms with E-state index in [-0.39, 0.29) is 11.6 Å². The van der Waals surface area contributed by atoms with Crippen LogP contribution in [0.2, 0.25) is 0 Å². The van der Waals surface area contributed by atoms with Crippen molar-refractivity contribution in [3.63, 3.8) is 0 Å². The monoisotopic (exact) mass is 358 g/mol. The fourth-order valence-corrected chi connectivity index (χ4v) is 2.18. The molecule has 0 bridgehead atoms. The molecule has 0 aromatic heterocycles. The molecule has 0 fully saturated rings. The van der Waals surface area contributed by atoms with Crippen LogP contribution < -0.4 is 4.74 Å². The lowest BCUT2D eigenvalue weighted by molar-refractivity contribution is 0.439. The van der Waals surface area contributed by atoms with Crippen LogP contribution in [0.4, 0.5) is 4.39 Å². The molecule has 2 aromatic carbocycles. The third-order valence-electron chi connectivity index (χ3n) is 2.23. The van der Waals surface area contributed by atoms with Gasteiger partial charge < -0.3 is 4.74 Å². The SMILES string of the molecule is Fc1ccccc1Oc1cc(Br)ccc1CBr. The zero-order valence-electron chi connectivity index (χ0n) is 8.79. The van der Waals surface area contributed by atoms with E-state index in [1.54, 1.807) is 18.2 Å². The van der Waals surface area contributed by atoms with Gasteiger partial charge in [-0.1, -0.05) is 50.1 Å². The van der Waals surface area contributed by atoms with Gasteiger partial charge in [0.2, 0.25) is 0 Å². The summed E-state index contributed by atoms with van der Waals surface area (Å²) in [5.41, 5.74) is 0.969. The van der Waals surface area contributed by atoms with Crippen LogP contribution in [-0.4, -0.2) is 0 Å². The molecule has 0 radical (unpaired) electrons. The van der Waals surface area contributed by atoms with Crippen LogP contribution in [0.1, 0.15) is 5.56 Å². The van der Waals surface area contributed by atoms with Crippen molar-refractivity contribution in [3.05, 3.63) is 58.3 Å². The molecule has 2 aromatic rings. The number of hydrogen-bond donors (Lipinski definition) is 0. The van der Waals surface area contributed by atoms with E-state index < -0.39 is 0 Å². The molecule has 4 heteroatoms. The predicted octanol–water partition coefficient (Wildman–Crippen LogP) is 5.28. The number of hydrogen-bond acceptors (Lipinski definition) is 1. The largest absolute Gasteiger partial charge is 0.454 e. The Morgan fingerprint density at radius 2 is 1.82 bits per heavy atom. The van der Waals surface area contributed by atoms with Crippen LogP contribution >= 0.6 is 31.9 Å². The number of benzene rings is 2. The molecule has 1 nitrogen and oxygen atoms in total. The first-order valence-electron chi connectivity index (χ1n) is 4.97. The molecule has 0 aliphatic heterocycles. The molecule has 0 atom stereocenters. The van der Waals surface area contributed by atoms with E-state index in [0.717, 1.165) is 10.0 Å². The summed E-state index contributed by atoms with van der Waals surface area (Å²) in [6.45, 7) is 0. The Kier molecular flexibility index (Phi) is 4.18. The normalized spacial score (nSPS) is 10.3. The van der Waals surface area contributed by atoms with E-state index >= 15 is 0 Å². The standard InChI is InChI=1S/C13H9Br2FO/c14-8-9-5-6-10(15)7-13(9)17-12-4-2-1-3-11(12)16/h1-7H,8H2. The number of rotatable bonds is 3. The van der Waals surface area contributed by atoms with Crippen molar-refractivity contribution >= 4 is 31.9 Å². The van der Waals surface area contributed by atoms with Crippen molar-refractivity contribution in [1.29, 1.82) is 0 Å². The third-order valence-corrected chi connectivity index (χ3v) is 3.33. The van der Waals surface area contributed by atoms with Crippen molar-refractivity contribution in [2.24, 2.45) is 0 Å². The van der Waals surface area contributed by atoms with Gasteiger partial charge in [-0.05, 0) is 24.3 Å². The molecule has 0 N–H and O–H groups in total. The quantitative estimate of drug-likeness (QED) is 0.678. The lowest BCUT2D eigenvalue weighted by Crippen LogP contribution is -1.91. The summed E-state index contributed by atoms with van der Waals surface area (Å²) >= 11 is 6.74. The minimum atomic E-state index is -0.368. The second-order valence-corrected chi connectivity index (χ2v) is 4.89. The number of para-hydroxylation sites is 1. The van der Waals surface area contributed by atoms with Gasteiger partial charge in [-0.2, -0.15) is 0 Å². The molecule has 0 saturated carbocycles. The second-order valence-electron chi connectivity index (χ2n) is 3.42. The molecule has 88 valence electrons. The Labute approximate surface area is 116 Å². The Morgan fingerprint density at radius 1 is 1.06 bits per heavy atom. The highest BCUT2D eigenvalue weighted by Gasteiger charge is 2.08. The highest BCUT2D eigenvalue weighted by Crippen LogP contribution is 2.31. The maximum atomic E-state index is 13.5. The van der Waals surface area contributed by atoms with Crippen molar-refractivity contribution in [2.45, 2.75) is 5.33 Å². The lowest BCUT2D eigenvalue weighted by atomic mass is 10.2. The van der Waals surface area contributed by atoms with Crippen molar-refractivity contribution in [3.8, 4) is 11.5 Å². The zero-order valence-corrected chi connectivity index (χ0v) is 12.0. The highest BCUT2D eigenvalue weighted by molar-refractivity contribution is 9.10. The molecule has 0 amide bonds. The van der Waals surface area contributed by atoms with E-state index in [1.807, 2.05) is 18.2 Å². The van der Waals surface area contributed by atoms with Gasteiger partial charge in [-0.3, -0.25) is 0 Å². The molecule has 0 unspecified atom stereocenters. The van der Waals surface area contributed by atoms with Gasteiger partial charge >= 0.3 is 0 Å². The zero-order chi connectivity index (χ0) is 12.3. The van der Waals surface area contributed by atoms with Crippen LogP contribution in [0.25, 0.3) is 0 Å². The molecule has 0 aliphatic carbocycles. The molecule has 0 spiro atoms. The van der Waals surface area contributed by atoms with Gasteiger partial charge in [0.25, 0.3) is 0 Å². The summed E-state index contributed by atoms with van der Waals surface area (Å²) in [6.07, 6.45) is 0. The first-order valence-corrected chi connectivity index (χ1v) is 6.89. The molecule has 17 heavy (non-hydrogen) atoms. The van der Waals surface area contributed by atoms with E-state index in [2.05, 4.69) is 31.9 Å². The van der Waals surface area contributed by atoms with Crippen LogP contribution in [0.15, 0.2) is 46.9 Å². The first-order chi connectivity index (χ1) is 8.20. The van der Waals surface area contributed by atoms with Crippen molar-refractivity contribution in [2.75, 3.05) is 0 Å². The summed E-state index contributed by atoms with van der Waals surface area (Å²) < 4.78 is 19.9. The molecular formula is C13H9Br2FO. The predicted molar refractivity (Wildman–Crippen MR) is 73.2 cm³/mol. The summed E-state index contributed by atoms with van der Waals surface area (Å²) in [7, 11) is 0. The minimum Gasteiger partial charge on any atom is -0.454 e. The van der Waals surface area contributed by atoms with Gasteiger partial charge in [-0.25, -0.2) is 4.39 Å². The van der Waals surface area contributed by atoms with Crippen LogP contribution in [0.5, 0.6) is 11.5 Å². The van der Waals surface area contributed by atoms with E-state index in [4.69, 9.17) is 4.74 Å². The van der Waals surface area contributed by atoms with E-state index in [0.29, 0.717) is 11.1 Å². The molecule has 0 saturated heterocycles. The number of alkyl halides is 1. The molecular weight excluding hydrogens is 351 g/mol. The van der Waals surface area contributed by atoms with E-state index in [1.165, 1.54) is 6.07 Å². The number of halogens is 3. The summed E-state index contributed by atoms with van der Waals surface area (Å²) in [5, 5.41) is 0.657. The average molecular weight is 360 g/mol. The third kappa shape index (κ3) is 3.07. The number of ether oxygens (including phenoxy) is 1. The van der Waals surface area contributed by atoms with Gasteiger partial charge in [0.15, 0.2) is 11.6 Å². The van der Waals surface area contributed by atoms with Crippen LogP contribution in [-0.2, 0) is 5.33 Å². The van der Waals surface area contributed by atoms with Crippen molar-refractivity contribution in [1.82, 2.24) is 0 Å². The Hall–Kier alpha value is -0.870. The van der Waals surface area contributed by atoms with Crippen LogP contribution in [0, 0.1) is 5.82 Å². The topological polar surface area (TPSA) is 9.23 Å². The first kappa shape index (κ1) is 12.6. The Balaban J connectivity index is 2.35. The molecule has 0 heterocycles. The summed E-state index contributed by atoms with van der Waals surface area (Å²) in [5.74, 6) is 0.502. The maximum absolute atomic E-state index is 13.5. The summed E-state index contributed by atoms with van der Waals surface area (Å²) in [4.78, 5) is 0. The second kappa shape index (κ2) is 5.65. The van der Waals surface area contributed by atoms with Crippen molar-refractivity contribution < 1.29 is 9.13 Å². The van der Waals surface area contributed by atoms with Gasteiger partial charge in [0, 0.05) is 15.4 Å².